The Balaban J connectivity index is 1.32. The summed E-state index contributed by atoms with van der Waals surface area (Å²) in [5.74, 6) is 0.931. The Morgan fingerprint density at radius 3 is 2.37 bits per heavy atom. The number of likely N-dealkylation sites (tertiary alicyclic amines) is 2. The molecule has 10 heteroatoms. The SMILES string of the molecule is COC(=O)NC(CCN1CCC2(CC1)CCN(Cc1ccc(S(C)(=O)=O)cc1)C2=O)c1cccc(OC)c1. The van der Waals surface area contributed by atoms with E-state index in [0.29, 0.717) is 19.5 Å². The first-order valence-electron chi connectivity index (χ1n) is 12.9. The summed E-state index contributed by atoms with van der Waals surface area (Å²) >= 11 is 0. The summed E-state index contributed by atoms with van der Waals surface area (Å²) in [4.78, 5) is 30.0. The Kier molecular flexibility index (Phi) is 8.62. The number of nitrogens with zero attached hydrogens (tertiary/aromatic N) is 2. The van der Waals surface area contributed by atoms with E-state index in [2.05, 4.69) is 10.2 Å². The number of benzene rings is 2. The van der Waals surface area contributed by atoms with Gasteiger partial charge in [-0.3, -0.25) is 4.79 Å². The molecule has 2 amide bonds. The second kappa shape index (κ2) is 11.7. The third-order valence-electron chi connectivity index (χ3n) is 7.85. The number of ether oxygens (including phenoxy) is 2. The fourth-order valence-electron chi connectivity index (χ4n) is 5.47. The Morgan fingerprint density at radius 1 is 1.05 bits per heavy atom. The van der Waals surface area contributed by atoms with E-state index in [1.165, 1.54) is 13.4 Å². The van der Waals surface area contributed by atoms with E-state index in [0.717, 1.165) is 55.8 Å². The maximum atomic E-state index is 13.4. The van der Waals surface area contributed by atoms with Crippen molar-refractivity contribution in [2.75, 3.05) is 46.7 Å². The smallest absolute Gasteiger partial charge is 0.407 e. The molecule has 2 aromatic rings. The van der Waals surface area contributed by atoms with Crippen LogP contribution in [0, 0.1) is 5.41 Å². The van der Waals surface area contributed by atoms with Crippen LogP contribution < -0.4 is 10.1 Å². The molecule has 9 nitrogen and oxygen atoms in total. The molecule has 1 N–H and O–H groups in total. The van der Waals surface area contributed by atoms with E-state index in [-0.39, 0.29) is 22.3 Å². The molecule has 2 heterocycles. The first kappa shape index (κ1) is 27.9. The van der Waals surface area contributed by atoms with E-state index in [4.69, 9.17) is 9.47 Å². The van der Waals surface area contributed by atoms with Crippen LogP contribution in [0.2, 0.25) is 0 Å². The van der Waals surface area contributed by atoms with Gasteiger partial charge in [0.05, 0.1) is 30.6 Å². The zero-order chi connectivity index (χ0) is 27.3. The highest BCUT2D eigenvalue weighted by Gasteiger charge is 2.47. The lowest BCUT2D eigenvalue weighted by atomic mass is 9.77. The van der Waals surface area contributed by atoms with Gasteiger partial charge in [-0.2, -0.15) is 0 Å². The minimum absolute atomic E-state index is 0.200. The van der Waals surface area contributed by atoms with Crippen molar-refractivity contribution in [3.63, 3.8) is 0 Å². The van der Waals surface area contributed by atoms with Crippen LogP contribution in [0.1, 0.15) is 42.9 Å². The Morgan fingerprint density at radius 2 is 1.74 bits per heavy atom. The average Bonchev–Trinajstić information content (AvgIpc) is 3.21. The molecule has 2 fully saturated rings. The number of amides is 2. The molecule has 38 heavy (non-hydrogen) atoms. The van der Waals surface area contributed by atoms with Gasteiger partial charge in [-0.15, -0.1) is 0 Å². The van der Waals surface area contributed by atoms with Crippen molar-refractivity contribution in [2.24, 2.45) is 5.41 Å². The highest BCUT2D eigenvalue weighted by Crippen LogP contribution is 2.42. The molecule has 0 aliphatic carbocycles. The van der Waals surface area contributed by atoms with Gasteiger partial charge in [0.1, 0.15) is 5.75 Å². The molecule has 0 radical (unpaired) electrons. The van der Waals surface area contributed by atoms with Gasteiger partial charge in [0, 0.05) is 25.9 Å². The van der Waals surface area contributed by atoms with Crippen molar-refractivity contribution in [1.82, 2.24) is 15.1 Å². The van der Waals surface area contributed by atoms with E-state index in [1.807, 2.05) is 29.2 Å². The number of carbonyl (C=O) groups is 2. The van der Waals surface area contributed by atoms with Gasteiger partial charge in [-0.05, 0) is 74.2 Å². The molecule has 2 aliphatic heterocycles. The van der Waals surface area contributed by atoms with Gasteiger partial charge < -0.3 is 24.6 Å². The minimum atomic E-state index is -3.24. The number of piperidine rings is 1. The van der Waals surface area contributed by atoms with Crippen LogP contribution in [-0.4, -0.2) is 76.9 Å². The molecule has 1 atom stereocenters. The normalized spacial score (nSPS) is 18.4. The third kappa shape index (κ3) is 6.47. The van der Waals surface area contributed by atoms with Crippen molar-refractivity contribution in [2.45, 2.75) is 43.2 Å². The van der Waals surface area contributed by atoms with Gasteiger partial charge >= 0.3 is 6.09 Å². The zero-order valence-corrected chi connectivity index (χ0v) is 23.1. The van der Waals surface area contributed by atoms with Crippen LogP contribution in [-0.2, 0) is 25.9 Å². The highest BCUT2D eigenvalue weighted by atomic mass is 32.2. The number of alkyl carbamates (subject to hydrolysis) is 1. The molecule has 4 rings (SSSR count). The van der Waals surface area contributed by atoms with E-state index in [1.54, 1.807) is 31.4 Å². The highest BCUT2D eigenvalue weighted by molar-refractivity contribution is 7.90. The number of sulfone groups is 1. The minimum Gasteiger partial charge on any atom is -0.497 e. The molecule has 1 spiro atoms. The van der Waals surface area contributed by atoms with Crippen LogP contribution >= 0.6 is 0 Å². The maximum Gasteiger partial charge on any atom is 0.407 e. The Labute approximate surface area is 225 Å². The van der Waals surface area contributed by atoms with E-state index >= 15 is 0 Å². The molecule has 0 bridgehead atoms. The average molecular weight is 544 g/mol. The summed E-state index contributed by atoms with van der Waals surface area (Å²) < 4.78 is 33.6. The summed E-state index contributed by atoms with van der Waals surface area (Å²) in [7, 11) is -0.267. The molecule has 0 saturated carbocycles. The molecule has 2 aromatic carbocycles. The first-order chi connectivity index (χ1) is 18.1. The lowest BCUT2D eigenvalue weighted by molar-refractivity contribution is -0.138. The summed E-state index contributed by atoms with van der Waals surface area (Å²) in [6.07, 6.45) is 3.89. The van der Waals surface area contributed by atoms with Crippen LogP contribution in [0.15, 0.2) is 53.4 Å². The molecule has 1 unspecified atom stereocenters. The monoisotopic (exact) mass is 543 g/mol. The largest absolute Gasteiger partial charge is 0.497 e. The van der Waals surface area contributed by atoms with Crippen LogP contribution in [0.3, 0.4) is 0 Å². The van der Waals surface area contributed by atoms with Crippen molar-refractivity contribution >= 4 is 21.8 Å². The van der Waals surface area contributed by atoms with Gasteiger partial charge in [0.25, 0.3) is 0 Å². The van der Waals surface area contributed by atoms with Gasteiger partial charge in [0.2, 0.25) is 5.91 Å². The summed E-state index contributed by atoms with van der Waals surface area (Å²) in [6, 6.07) is 14.2. The number of methoxy groups -OCH3 is 2. The lowest BCUT2D eigenvalue weighted by Crippen LogP contribution is -2.45. The quantitative estimate of drug-likeness (QED) is 0.517. The van der Waals surface area contributed by atoms with Crippen molar-refractivity contribution in [3.8, 4) is 5.75 Å². The molecular formula is C28H37N3O6S. The van der Waals surface area contributed by atoms with E-state index < -0.39 is 15.9 Å². The molecule has 2 saturated heterocycles. The predicted molar refractivity (Wildman–Crippen MR) is 144 cm³/mol. The number of carbonyl (C=O) groups excluding carboxylic acids is 2. The fraction of sp³-hybridized carbons (Fsp3) is 0.500. The number of rotatable bonds is 9. The standard InChI is InChI=1S/C28H37N3O6S/c1-36-23-6-4-5-22(19-23)25(29-27(33)37-2)11-15-30-16-12-28(13-17-30)14-18-31(26(28)32)20-21-7-9-24(10-8-21)38(3,34)35/h4-10,19,25H,11-18,20H2,1-3H3,(H,29,33). The molecular weight excluding hydrogens is 506 g/mol. The molecule has 206 valence electrons. The summed E-state index contributed by atoms with van der Waals surface area (Å²) in [6.45, 7) is 3.65. The maximum absolute atomic E-state index is 13.4. The molecule has 0 aromatic heterocycles. The summed E-state index contributed by atoms with van der Waals surface area (Å²) in [5.41, 5.74) is 1.57. The van der Waals surface area contributed by atoms with Crippen molar-refractivity contribution in [1.29, 1.82) is 0 Å². The van der Waals surface area contributed by atoms with Crippen molar-refractivity contribution in [3.05, 3.63) is 59.7 Å². The molecule has 2 aliphatic rings. The second-order valence-electron chi connectivity index (χ2n) is 10.3. The van der Waals surface area contributed by atoms with Gasteiger partial charge in [-0.1, -0.05) is 24.3 Å². The van der Waals surface area contributed by atoms with Crippen LogP contribution in [0.25, 0.3) is 0 Å². The number of nitrogens with one attached hydrogen (secondary N) is 1. The van der Waals surface area contributed by atoms with Crippen LogP contribution in [0.5, 0.6) is 5.75 Å². The fourth-order valence-corrected chi connectivity index (χ4v) is 6.10. The first-order valence-corrected chi connectivity index (χ1v) is 14.8. The number of hydrogen-bond donors (Lipinski definition) is 1. The topological polar surface area (TPSA) is 105 Å². The Hall–Kier alpha value is -3.11. The van der Waals surface area contributed by atoms with Gasteiger partial charge in [0.15, 0.2) is 9.84 Å². The van der Waals surface area contributed by atoms with Crippen molar-refractivity contribution < 1.29 is 27.5 Å². The van der Waals surface area contributed by atoms with E-state index in [9.17, 15) is 18.0 Å². The lowest BCUT2D eigenvalue weighted by Gasteiger charge is -2.38. The number of hydrogen-bond acceptors (Lipinski definition) is 7. The van der Waals surface area contributed by atoms with Crippen LogP contribution in [0.4, 0.5) is 4.79 Å². The van der Waals surface area contributed by atoms with Gasteiger partial charge in [-0.25, -0.2) is 13.2 Å². The second-order valence-corrected chi connectivity index (χ2v) is 12.3. The predicted octanol–water partition coefficient (Wildman–Crippen LogP) is 3.40. The Bertz CT molecular complexity index is 1240. The zero-order valence-electron chi connectivity index (χ0n) is 22.3. The summed E-state index contributed by atoms with van der Waals surface area (Å²) in [5, 5.41) is 2.93. The third-order valence-corrected chi connectivity index (χ3v) is 8.98.